The lowest BCUT2D eigenvalue weighted by molar-refractivity contribution is -0.645. The molecule has 0 aliphatic rings. The molecule has 1 heterocycles. The fraction of sp³-hybridized carbons (Fsp3) is 0.333. The van der Waals surface area contributed by atoms with E-state index >= 15 is 0 Å². The van der Waals surface area contributed by atoms with Gasteiger partial charge in [0.15, 0.2) is 5.78 Å². The quantitative estimate of drug-likeness (QED) is 0.222. The van der Waals surface area contributed by atoms with E-state index < -0.39 is 0 Å². The number of Topliss-reactive ketones (excluding diaryl/α,β-unsaturated/α-hetero) is 1. The van der Waals surface area contributed by atoms with Gasteiger partial charge in [0, 0.05) is 36.7 Å². The molecule has 0 spiro atoms. The Hall–Kier alpha value is -2.81. The Kier molecular flexibility index (Phi) is 9.15. The number of aromatic nitrogens is 1. The predicted molar refractivity (Wildman–Crippen MR) is 129 cm³/mol. The van der Waals surface area contributed by atoms with Crippen molar-refractivity contribution in [3.8, 4) is 0 Å². The van der Waals surface area contributed by atoms with Crippen LogP contribution < -0.4 is 9.47 Å². The van der Waals surface area contributed by atoms with E-state index in [0.717, 1.165) is 23.0 Å². The lowest BCUT2D eigenvalue weighted by Gasteiger charge is -2.22. The molecule has 0 atom stereocenters. The van der Waals surface area contributed by atoms with Crippen molar-refractivity contribution >= 4 is 46.5 Å². The highest BCUT2D eigenvalue weighted by Gasteiger charge is 2.17. The van der Waals surface area contributed by atoms with E-state index in [2.05, 4.69) is 22.9 Å². The van der Waals surface area contributed by atoms with E-state index in [4.69, 9.17) is 0 Å². The number of benzene rings is 2. The molecule has 0 fully saturated rings. The summed E-state index contributed by atoms with van der Waals surface area (Å²) >= 11 is 4.20. The zero-order valence-electron chi connectivity index (χ0n) is 18.0. The van der Waals surface area contributed by atoms with E-state index in [9.17, 15) is 15.0 Å². The summed E-state index contributed by atoms with van der Waals surface area (Å²) in [7, 11) is 0. The zero-order chi connectivity index (χ0) is 22.8. The number of azo groups is 1. The molecule has 3 rings (SSSR count). The van der Waals surface area contributed by atoms with Crippen molar-refractivity contribution in [3.05, 3.63) is 60.7 Å². The molecule has 7 nitrogen and oxygen atoms in total. The van der Waals surface area contributed by atoms with Crippen molar-refractivity contribution in [2.24, 2.45) is 10.2 Å². The molecule has 2 aromatic carbocycles. The van der Waals surface area contributed by atoms with Crippen LogP contribution in [0, 0.1) is 0 Å². The standard InChI is InChI=1S/C24H28N4O3S/c29-15-13-27(14-16-30)21-10-8-20(9-11-21)25-26-24-12-7-19-4-1-2-6-23(19)28(24)18-22(31)5-3-17-32/h1-2,4,6-12,29-30H,3,5,13-18H2/p+1. The Morgan fingerprint density at radius 1 is 0.938 bits per heavy atom. The molecule has 2 N–H and O–H groups in total. The largest absolute Gasteiger partial charge is 0.395 e. The highest BCUT2D eigenvalue weighted by molar-refractivity contribution is 7.80. The van der Waals surface area contributed by atoms with Crippen molar-refractivity contribution in [1.82, 2.24) is 0 Å². The van der Waals surface area contributed by atoms with Crippen molar-refractivity contribution in [3.63, 3.8) is 0 Å². The highest BCUT2D eigenvalue weighted by atomic mass is 32.1. The van der Waals surface area contributed by atoms with Gasteiger partial charge in [0.2, 0.25) is 0 Å². The van der Waals surface area contributed by atoms with Crippen LogP contribution in [0.15, 0.2) is 70.9 Å². The molecule has 168 valence electrons. The third-order valence-electron chi connectivity index (χ3n) is 5.09. The van der Waals surface area contributed by atoms with Gasteiger partial charge in [0.25, 0.3) is 0 Å². The van der Waals surface area contributed by atoms with Gasteiger partial charge in [0.05, 0.1) is 18.3 Å². The summed E-state index contributed by atoms with van der Waals surface area (Å²) in [6.45, 7) is 1.14. The van der Waals surface area contributed by atoms with Gasteiger partial charge in [-0.25, -0.2) is 4.57 Å². The molecule has 0 aliphatic heterocycles. The minimum absolute atomic E-state index is 0.0101. The van der Waals surface area contributed by atoms with Gasteiger partial charge in [-0.2, -0.15) is 12.6 Å². The number of ketones is 1. The van der Waals surface area contributed by atoms with Crippen molar-refractivity contribution in [2.75, 3.05) is 37.0 Å². The molecule has 0 radical (unpaired) electrons. The SMILES string of the molecule is O=C(CCCS)C[n+]1c(N=Nc2ccc(N(CCO)CCO)cc2)ccc2ccccc21. The first kappa shape index (κ1) is 23.8. The first-order valence-electron chi connectivity index (χ1n) is 10.7. The van der Waals surface area contributed by atoms with Crippen LogP contribution in [0.5, 0.6) is 0 Å². The number of rotatable bonds is 12. The van der Waals surface area contributed by atoms with Crippen molar-refractivity contribution in [1.29, 1.82) is 0 Å². The Labute approximate surface area is 193 Å². The van der Waals surface area contributed by atoms with Gasteiger partial charge in [-0.3, -0.25) is 4.79 Å². The molecule has 1 aromatic heterocycles. The number of hydrogen-bond acceptors (Lipinski definition) is 7. The lowest BCUT2D eigenvalue weighted by Crippen LogP contribution is -2.39. The van der Waals surface area contributed by atoms with Crippen LogP contribution in [0.3, 0.4) is 0 Å². The molecule has 0 saturated heterocycles. The lowest BCUT2D eigenvalue weighted by atomic mass is 10.2. The fourth-order valence-electron chi connectivity index (χ4n) is 3.49. The Bertz CT molecular complexity index is 1050. The number of anilines is 1. The average molecular weight is 454 g/mol. The zero-order valence-corrected chi connectivity index (χ0v) is 18.9. The number of aliphatic hydroxyl groups excluding tert-OH is 2. The van der Waals surface area contributed by atoms with Crippen LogP contribution in [0.4, 0.5) is 17.2 Å². The topological polar surface area (TPSA) is 89.4 Å². The first-order valence-corrected chi connectivity index (χ1v) is 11.3. The number of carbonyl (C=O) groups is 1. The van der Waals surface area contributed by atoms with E-state index in [1.807, 2.05) is 70.1 Å². The molecule has 0 aliphatic carbocycles. The molecular weight excluding hydrogens is 424 g/mol. The minimum atomic E-state index is 0.0101. The molecule has 0 saturated carbocycles. The van der Waals surface area contributed by atoms with Gasteiger partial charge < -0.3 is 15.1 Å². The number of thiol groups is 1. The maximum absolute atomic E-state index is 12.5. The summed E-state index contributed by atoms with van der Waals surface area (Å²) in [6.07, 6.45) is 1.23. The number of carbonyl (C=O) groups excluding carboxylic acids is 1. The van der Waals surface area contributed by atoms with E-state index in [1.54, 1.807) is 0 Å². The summed E-state index contributed by atoms with van der Waals surface area (Å²) in [5.74, 6) is 1.42. The molecule has 32 heavy (non-hydrogen) atoms. The molecule has 0 unspecified atom stereocenters. The smallest absolute Gasteiger partial charge is 0.351 e. The fourth-order valence-corrected chi connectivity index (χ4v) is 3.65. The third-order valence-corrected chi connectivity index (χ3v) is 5.40. The van der Waals surface area contributed by atoms with Crippen LogP contribution in [-0.4, -0.2) is 48.1 Å². The molecule has 0 bridgehead atoms. The number of aliphatic hydroxyl groups is 2. The van der Waals surface area contributed by atoms with Crippen molar-refractivity contribution in [2.45, 2.75) is 19.4 Å². The monoisotopic (exact) mass is 453 g/mol. The maximum atomic E-state index is 12.5. The second kappa shape index (κ2) is 12.3. The number of para-hydroxylation sites is 1. The van der Waals surface area contributed by atoms with Gasteiger partial charge in [-0.05, 0) is 53.7 Å². The Morgan fingerprint density at radius 3 is 2.34 bits per heavy atom. The number of nitrogens with zero attached hydrogens (tertiary/aromatic N) is 4. The molecule has 0 amide bonds. The van der Waals surface area contributed by atoms with Gasteiger partial charge >= 0.3 is 5.82 Å². The molecular formula is C24H29N4O3S+. The number of hydrogen-bond donors (Lipinski definition) is 3. The molecule has 3 aromatic rings. The average Bonchev–Trinajstić information content (AvgIpc) is 2.82. The Balaban J connectivity index is 1.86. The van der Waals surface area contributed by atoms with Gasteiger partial charge in [-0.15, -0.1) is 0 Å². The van der Waals surface area contributed by atoms with Crippen LogP contribution >= 0.6 is 12.6 Å². The van der Waals surface area contributed by atoms with Gasteiger partial charge in [0.1, 0.15) is 17.7 Å². The van der Waals surface area contributed by atoms with E-state index in [1.165, 1.54) is 0 Å². The second-order valence-corrected chi connectivity index (χ2v) is 7.80. The highest BCUT2D eigenvalue weighted by Crippen LogP contribution is 2.22. The third kappa shape index (κ3) is 6.35. The predicted octanol–water partition coefficient (Wildman–Crippen LogP) is 3.61. The summed E-state index contributed by atoms with van der Waals surface area (Å²) in [5, 5.41) is 28.3. The number of pyridine rings is 1. The second-order valence-electron chi connectivity index (χ2n) is 7.35. The van der Waals surface area contributed by atoms with Crippen LogP contribution in [0.2, 0.25) is 0 Å². The summed E-state index contributed by atoms with van der Waals surface area (Å²) in [6, 6.07) is 19.2. The summed E-state index contributed by atoms with van der Waals surface area (Å²) < 4.78 is 1.90. The number of fused-ring (bicyclic) bond motifs is 1. The summed E-state index contributed by atoms with van der Waals surface area (Å²) in [4.78, 5) is 14.4. The van der Waals surface area contributed by atoms with Crippen molar-refractivity contribution < 1.29 is 19.6 Å². The van der Waals surface area contributed by atoms with Gasteiger partial charge in [-0.1, -0.05) is 18.2 Å². The maximum Gasteiger partial charge on any atom is 0.351 e. The van der Waals surface area contributed by atoms with Crippen LogP contribution in [0.1, 0.15) is 12.8 Å². The molecule has 8 heteroatoms. The Morgan fingerprint density at radius 2 is 1.66 bits per heavy atom. The van der Waals surface area contributed by atoms with Crippen LogP contribution in [-0.2, 0) is 11.3 Å². The first-order chi connectivity index (χ1) is 15.7. The minimum Gasteiger partial charge on any atom is -0.395 e. The van der Waals surface area contributed by atoms with E-state index in [-0.39, 0.29) is 25.5 Å². The normalized spacial score (nSPS) is 11.3. The summed E-state index contributed by atoms with van der Waals surface area (Å²) in [5.41, 5.74) is 2.49. The van der Waals surface area contributed by atoms with Crippen LogP contribution in [0.25, 0.3) is 10.9 Å². The van der Waals surface area contributed by atoms with E-state index in [0.29, 0.717) is 36.8 Å².